The molecular weight excluding hydrogens is 531 g/mol. The molecule has 0 bridgehead atoms. The molecule has 0 atom stereocenters. The molecule has 1 aliphatic rings. The van der Waals surface area contributed by atoms with Crippen LogP contribution in [0.25, 0.3) is 6.08 Å². The number of aliphatic imine (C=N–C) groups is 1. The second kappa shape index (κ2) is 10.1. The zero-order valence-electron chi connectivity index (χ0n) is 16.9. The standard InChI is InChI=1S/C24H17BrCl2N2O2S/c1-29-23(30)22(32-24(29)28-18-8-11-20(25)21(27)13-18)12-15-4-9-19(10-5-15)31-14-16-2-6-17(26)7-3-16/h2-13H,14H2,1H3/b22-12-,28-24?. The summed E-state index contributed by atoms with van der Waals surface area (Å²) in [5, 5.41) is 1.87. The summed E-state index contributed by atoms with van der Waals surface area (Å²) in [5.41, 5.74) is 2.63. The molecule has 0 aliphatic carbocycles. The minimum Gasteiger partial charge on any atom is -0.489 e. The number of halogens is 3. The van der Waals surface area contributed by atoms with Crippen molar-refractivity contribution in [2.45, 2.75) is 6.61 Å². The van der Waals surface area contributed by atoms with Crippen LogP contribution in [0.2, 0.25) is 10.0 Å². The van der Waals surface area contributed by atoms with Crippen LogP contribution < -0.4 is 4.74 Å². The van der Waals surface area contributed by atoms with E-state index in [9.17, 15) is 4.79 Å². The van der Waals surface area contributed by atoms with Crippen molar-refractivity contribution in [3.8, 4) is 5.75 Å². The van der Waals surface area contributed by atoms with Crippen LogP contribution in [0.5, 0.6) is 5.75 Å². The lowest BCUT2D eigenvalue weighted by Crippen LogP contribution is -2.23. The van der Waals surface area contributed by atoms with Gasteiger partial charge in [-0.25, -0.2) is 4.99 Å². The molecule has 32 heavy (non-hydrogen) atoms. The Hall–Kier alpha value is -2.25. The summed E-state index contributed by atoms with van der Waals surface area (Å²) in [4.78, 5) is 19.4. The number of hydrogen-bond acceptors (Lipinski definition) is 4. The van der Waals surface area contributed by atoms with Gasteiger partial charge in [-0.1, -0.05) is 47.5 Å². The molecular formula is C24H17BrCl2N2O2S. The predicted octanol–water partition coefficient (Wildman–Crippen LogP) is 7.57. The molecule has 4 rings (SSSR count). The summed E-state index contributed by atoms with van der Waals surface area (Å²) in [5.74, 6) is 0.652. The molecule has 0 N–H and O–H groups in total. The van der Waals surface area contributed by atoms with Crippen LogP contribution in [0, 0.1) is 0 Å². The first-order valence-corrected chi connectivity index (χ1v) is 11.9. The van der Waals surface area contributed by atoms with E-state index in [-0.39, 0.29) is 5.91 Å². The number of amides is 1. The lowest BCUT2D eigenvalue weighted by atomic mass is 10.2. The molecule has 1 amide bonds. The average molecular weight is 548 g/mol. The molecule has 3 aromatic rings. The van der Waals surface area contributed by atoms with Crippen molar-refractivity contribution in [2.75, 3.05) is 7.05 Å². The fourth-order valence-corrected chi connectivity index (χ4v) is 4.41. The fraction of sp³-hybridized carbons (Fsp3) is 0.0833. The first-order chi connectivity index (χ1) is 15.4. The molecule has 1 aliphatic heterocycles. The van der Waals surface area contributed by atoms with Crippen molar-refractivity contribution in [3.05, 3.63) is 97.3 Å². The Morgan fingerprint density at radius 2 is 1.78 bits per heavy atom. The third-order valence-electron chi connectivity index (χ3n) is 4.63. The highest BCUT2D eigenvalue weighted by molar-refractivity contribution is 9.10. The summed E-state index contributed by atoms with van der Waals surface area (Å²) in [6, 6.07) is 20.6. The fourth-order valence-electron chi connectivity index (χ4n) is 2.88. The number of likely N-dealkylation sites (N-methyl/N-ethyl adjacent to an activating group) is 1. The second-order valence-corrected chi connectivity index (χ2v) is 9.66. The van der Waals surface area contributed by atoms with E-state index in [1.54, 1.807) is 13.1 Å². The van der Waals surface area contributed by atoms with Crippen molar-refractivity contribution in [3.63, 3.8) is 0 Å². The monoisotopic (exact) mass is 546 g/mol. The van der Waals surface area contributed by atoms with Gasteiger partial charge in [0, 0.05) is 16.5 Å². The van der Waals surface area contributed by atoms with Crippen LogP contribution in [-0.2, 0) is 11.4 Å². The van der Waals surface area contributed by atoms with Crippen molar-refractivity contribution >= 4 is 73.7 Å². The third kappa shape index (κ3) is 5.56. The quantitative estimate of drug-likeness (QED) is 0.309. The number of thioether (sulfide) groups is 1. The van der Waals surface area contributed by atoms with Gasteiger partial charge in [-0.2, -0.15) is 0 Å². The Bertz CT molecular complexity index is 1210. The molecule has 3 aromatic carbocycles. The minimum atomic E-state index is -0.0972. The maximum Gasteiger partial charge on any atom is 0.266 e. The number of ether oxygens (including phenoxy) is 1. The second-order valence-electron chi connectivity index (χ2n) is 6.95. The third-order valence-corrected chi connectivity index (χ3v) is 7.17. The molecule has 162 valence electrons. The normalized spacial score (nSPS) is 16.2. The van der Waals surface area contributed by atoms with Gasteiger partial charge in [-0.3, -0.25) is 9.69 Å². The van der Waals surface area contributed by atoms with Crippen molar-refractivity contribution in [1.82, 2.24) is 4.90 Å². The van der Waals surface area contributed by atoms with Crippen LogP contribution in [0.3, 0.4) is 0 Å². The first-order valence-electron chi connectivity index (χ1n) is 9.58. The van der Waals surface area contributed by atoms with Gasteiger partial charge in [0.25, 0.3) is 5.91 Å². The van der Waals surface area contributed by atoms with Gasteiger partial charge in [-0.15, -0.1) is 0 Å². The Morgan fingerprint density at radius 1 is 1.06 bits per heavy atom. The highest BCUT2D eigenvalue weighted by Gasteiger charge is 2.30. The topological polar surface area (TPSA) is 41.9 Å². The average Bonchev–Trinajstić information content (AvgIpc) is 3.04. The largest absolute Gasteiger partial charge is 0.489 e. The van der Waals surface area contributed by atoms with E-state index in [2.05, 4.69) is 20.9 Å². The zero-order chi connectivity index (χ0) is 22.7. The number of benzene rings is 3. The molecule has 4 nitrogen and oxygen atoms in total. The number of amidine groups is 1. The molecule has 1 fully saturated rings. The van der Waals surface area contributed by atoms with Gasteiger partial charge in [0.05, 0.1) is 15.6 Å². The predicted molar refractivity (Wildman–Crippen MR) is 137 cm³/mol. The van der Waals surface area contributed by atoms with E-state index in [4.69, 9.17) is 27.9 Å². The highest BCUT2D eigenvalue weighted by atomic mass is 79.9. The molecule has 0 saturated carbocycles. The van der Waals surface area contributed by atoms with E-state index in [0.717, 1.165) is 21.3 Å². The summed E-state index contributed by atoms with van der Waals surface area (Å²) in [6.07, 6.45) is 1.85. The summed E-state index contributed by atoms with van der Waals surface area (Å²) in [7, 11) is 1.71. The molecule has 0 radical (unpaired) electrons. The number of carbonyl (C=O) groups excluding carboxylic acids is 1. The van der Waals surface area contributed by atoms with E-state index < -0.39 is 0 Å². The van der Waals surface area contributed by atoms with Gasteiger partial charge in [0.2, 0.25) is 0 Å². The molecule has 8 heteroatoms. The van der Waals surface area contributed by atoms with Crippen LogP contribution >= 0.6 is 50.9 Å². The van der Waals surface area contributed by atoms with Crippen molar-refractivity contribution < 1.29 is 9.53 Å². The Balaban J connectivity index is 1.44. The van der Waals surface area contributed by atoms with Crippen LogP contribution in [0.4, 0.5) is 5.69 Å². The van der Waals surface area contributed by atoms with Crippen molar-refractivity contribution in [1.29, 1.82) is 0 Å². The van der Waals surface area contributed by atoms with E-state index in [1.807, 2.05) is 66.7 Å². The maximum atomic E-state index is 12.7. The summed E-state index contributed by atoms with van der Waals surface area (Å²) >= 11 is 16.7. The number of nitrogens with zero attached hydrogens (tertiary/aromatic N) is 2. The Morgan fingerprint density at radius 3 is 2.47 bits per heavy atom. The lowest BCUT2D eigenvalue weighted by molar-refractivity contribution is -0.121. The zero-order valence-corrected chi connectivity index (χ0v) is 20.8. The number of carbonyl (C=O) groups is 1. The van der Waals surface area contributed by atoms with Crippen LogP contribution in [0.1, 0.15) is 11.1 Å². The molecule has 1 saturated heterocycles. The minimum absolute atomic E-state index is 0.0972. The molecule has 1 heterocycles. The molecule has 0 spiro atoms. The first kappa shape index (κ1) is 22.9. The van der Waals surface area contributed by atoms with Crippen LogP contribution in [-0.4, -0.2) is 23.0 Å². The highest BCUT2D eigenvalue weighted by Crippen LogP contribution is 2.34. The maximum absolute atomic E-state index is 12.7. The SMILES string of the molecule is CN1C(=O)/C(=C/c2ccc(OCc3ccc(Cl)cc3)cc2)SC1=Nc1ccc(Br)c(Cl)c1. The molecule has 0 unspecified atom stereocenters. The number of rotatable bonds is 5. The summed E-state index contributed by atoms with van der Waals surface area (Å²) in [6.45, 7) is 0.455. The number of hydrogen-bond donors (Lipinski definition) is 0. The molecule has 0 aromatic heterocycles. The summed E-state index contributed by atoms with van der Waals surface area (Å²) < 4.78 is 6.62. The Kier molecular flexibility index (Phi) is 7.26. The van der Waals surface area contributed by atoms with Gasteiger partial charge < -0.3 is 4.74 Å². The van der Waals surface area contributed by atoms with Crippen LogP contribution in [0.15, 0.2) is 81.1 Å². The Labute approximate surface area is 209 Å². The van der Waals surface area contributed by atoms with Gasteiger partial charge in [-0.05, 0) is 87.4 Å². The van der Waals surface area contributed by atoms with E-state index in [1.165, 1.54) is 16.7 Å². The van der Waals surface area contributed by atoms with E-state index in [0.29, 0.717) is 32.4 Å². The van der Waals surface area contributed by atoms with Gasteiger partial charge >= 0.3 is 0 Å². The lowest BCUT2D eigenvalue weighted by Gasteiger charge is -2.07. The van der Waals surface area contributed by atoms with E-state index >= 15 is 0 Å². The van der Waals surface area contributed by atoms with Gasteiger partial charge in [0.15, 0.2) is 5.17 Å². The van der Waals surface area contributed by atoms with Gasteiger partial charge in [0.1, 0.15) is 12.4 Å². The smallest absolute Gasteiger partial charge is 0.266 e. The van der Waals surface area contributed by atoms with Crippen molar-refractivity contribution in [2.24, 2.45) is 4.99 Å².